The second-order valence-corrected chi connectivity index (χ2v) is 23.7. The Kier molecular flexibility index (Phi) is 20.1. The fourth-order valence-corrected chi connectivity index (χ4v) is 11.7. The summed E-state index contributed by atoms with van der Waals surface area (Å²) in [5, 5.41) is 11.5. The monoisotopic (exact) mass is 1190 g/mol. The Hall–Kier alpha value is -8.88. The number of rotatable bonds is 30. The first-order chi connectivity index (χ1) is 42.3. The lowest BCUT2D eigenvalue weighted by atomic mass is 9.83. The fraction of sp³-hybridized carbons (Fsp3) is 0.314. The van der Waals surface area contributed by atoms with Crippen LogP contribution in [0.25, 0.3) is 32.7 Å². The summed E-state index contributed by atoms with van der Waals surface area (Å²) in [6, 6.07) is 39.4. The van der Waals surface area contributed by atoms with Crippen LogP contribution in [-0.2, 0) is 48.0 Å². The lowest BCUT2D eigenvalue weighted by Gasteiger charge is -2.28. The van der Waals surface area contributed by atoms with E-state index in [0.717, 1.165) is 82.8 Å². The quantitative estimate of drug-likeness (QED) is 0.0114. The number of benzene rings is 6. The largest absolute Gasteiger partial charge is 0.361 e. The van der Waals surface area contributed by atoms with Crippen molar-refractivity contribution in [3.05, 3.63) is 196 Å². The molecule has 0 spiro atoms. The predicted octanol–water partition coefficient (Wildman–Crippen LogP) is 8.97. The lowest BCUT2D eigenvalue weighted by Crippen LogP contribution is -2.58. The normalized spacial score (nSPS) is 13.7. The van der Waals surface area contributed by atoms with Gasteiger partial charge in [0.05, 0.1) is 0 Å². The van der Waals surface area contributed by atoms with Crippen molar-refractivity contribution in [3.63, 3.8) is 0 Å². The molecule has 3 heterocycles. The van der Waals surface area contributed by atoms with Crippen molar-refractivity contribution in [2.75, 3.05) is 35.6 Å². The molecule has 0 aliphatic rings. The molecule has 3 amide bonds. The second-order valence-electron chi connectivity index (χ2n) is 23.7. The minimum atomic E-state index is -1.87. The zero-order valence-corrected chi connectivity index (χ0v) is 50.5. The Morgan fingerprint density at radius 2 is 0.648 bits per heavy atom. The molecule has 3 aromatic heterocycles. The number of H-pyrrole nitrogens is 3. The molecule has 0 fully saturated rings. The van der Waals surface area contributed by atoms with Gasteiger partial charge in [0.2, 0.25) is 0 Å². The Morgan fingerprint density at radius 3 is 0.898 bits per heavy atom. The third-order valence-electron chi connectivity index (χ3n) is 17.1. The molecule has 0 bridgehead atoms. The number of nitrogens with one attached hydrogen (secondary N) is 6. The molecule has 0 aliphatic carbocycles. The van der Waals surface area contributed by atoms with E-state index < -0.39 is 57.6 Å². The molecule has 0 radical (unpaired) electrons. The maximum Gasteiger partial charge on any atom is 0.252 e. The zero-order chi connectivity index (χ0) is 62.8. The number of aromatic nitrogens is 3. The number of carbonyl (C=O) groups is 6. The minimum Gasteiger partial charge on any atom is -0.361 e. The van der Waals surface area contributed by atoms with Gasteiger partial charge in [0, 0.05) is 93.5 Å². The molecule has 6 aromatic carbocycles. The topological polar surface area (TPSA) is 342 Å². The Morgan fingerprint density at radius 1 is 0.386 bits per heavy atom. The van der Waals surface area contributed by atoms with Gasteiger partial charge < -0.3 is 65.3 Å². The molecule has 458 valence electrons. The smallest absolute Gasteiger partial charge is 0.252 e. The van der Waals surface area contributed by atoms with Crippen molar-refractivity contribution in [2.45, 2.75) is 120 Å². The van der Waals surface area contributed by atoms with E-state index in [2.05, 4.69) is 30.9 Å². The highest BCUT2D eigenvalue weighted by molar-refractivity contribution is 6.18. The van der Waals surface area contributed by atoms with Crippen molar-refractivity contribution in [3.8, 4) is 0 Å². The summed E-state index contributed by atoms with van der Waals surface area (Å²) in [6.45, 7) is 7.10. The van der Waals surface area contributed by atoms with Crippen LogP contribution < -0.4 is 50.4 Å². The van der Waals surface area contributed by atoms with Gasteiger partial charge in [0.25, 0.3) is 17.7 Å². The predicted molar refractivity (Wildman–Crippen MR) is 351 cm³/mol. The molecule has 9 aromatic rings. The number of hydrogen-bond donors (Lipinski definition) is 12. The molecule has 18 N–H and O–H groups in total. The second kappa shape index (κ2) is 27.9. The van der Waals surface area contributed by atoms with Gasteiger partial charge in [0.15, 0.2) is 34.0 Å². The lowest BCUT2D eigenvalue weighted by molar-refractivity contribution is -0.134. The van der Waals surface area contributed by atoms with E-state index in [1.54, 1.807) is 55.0 Å². The minimum absolute atomic E-state index is 0.0572. The van der Waals surface area contributed by atoms with Crippen molar-refractivity contribution in [1.82, 2.24) is 15.0 Å². The summed E-state index contributed by atoms with van der Waals surface area (Å²) in [7, 11) is 0. The van der Waals surface area contributed by atoms with Gasteiger partial charge in [-0.2, -0.15) is 0 Å². The molecular formula is C70H82N12O6. The third kappa shape index (κ3) is 14.2. The average Bonchev–Trinajstić information content (AvgIpc) is 2.20. The molecule has 0 unspecified atom stereocenters. The summed E-state index contributed by atoms with van der Waals surface area (Å²) in [4.78, 5) is 95.5. The van der Waals surface area contributed by atoms with E-state index in [-0.39, 0.29) is 38.5 Å². The van der Waals surface area contributed by atoms with E-state index in [0.29, 0.717) is 75.2 Å². The van der Waals surface area contributed by atoms with Crippen molar-refractivity contribution in [2.24, 2.45) is 34.4 Å². The number of Topliss-reactive ketones (excluding diaryl/α,β-unsaturated/α-hetero) is 3. The van der Waals surface area contributed by atoms with Gasteiger partial charge >= 0.3 is 0 Å². The first kappa shape index (κ1) is 63.6. The summed E-state index contributed by atoms with van der Waals surface area (Å²) in [5.74, 6) is -3.69. The molecule has 0 aliphatic heterocycles. The number of carbonyl (C=O) groups excluding carboxylic acids is 6. The van der Waals surface area contributed by atoms with Gasteiger partial charge in [-0.05, 0) is 203 Å². The van der Waals surface area contributed by atoms with Crippen LogP contribution in [0.5, 0.6) is 0 Å². The van der Waals surface area contributed by atoms with Crippen molar-refractivity contribution < 1.29 is 28.8 Å². The van der Waals surface area contributed by atoms with Gasteiger partial charge in [-0.25, -0.2) is 0 Å². The molecule has 9 rings (SSSR count). The number of fused-ring (bicyclic) bond motifs is 3. The third-order valence-corrected chi connectivity index (χ3v) is 17.1. The standard InChI is InChI=1S/C70H82N12O6/c1-43-10-25-55-49(40-77-58(55)34-43)37-61(83)68(74,28-4-7-31-71)65(86)80-52-19-13-46(14-20-52)64(47-15-21-53(22-16-47)81-66(87)69(75,29-5-8-32-72)62(84)38-50-41-78-59-35-44(2)11-26-56(50)59)48-17-23-54(24-18-48)82-67(88)70(76,30-6-9-33-73)63(85)39-51-42-79-60-36-45(3)12-27-57(51)60/h10-27,34-36,40-42,64,77-79H,4-9,28-33,37-39,71-76H2,1-3H3,(H,80,86)(H,81,87)(H,82,88)/t68-,69-,70-/m0/s1. The van der Waals surface area contributed by atoms with Crippen LogP contribution in [0, 0.1) is 20.8 Å². The molecule has 18 heteroatoms. The molecular weight excluding hydrogens is 1100 g/mol. The average molecular weight is 1190 g/mol. The van der Waals surface area contributed by atoms with E-state index in [9.17, 15) is 28.8 Å². The van der Waals surface area contributed by atoms with E-state index in [1.807, 2.05) is 112 Å². The summed E-state index contributed by atoms with van der Waals surface area (Å²) in [6.07, 6.45) is 8.55. The Bertz CT molecular complexity index is 3570. The zero-order valence-electron chi connectivity index (χ0n) is 50.5. The van der Waals surface area contributed by atoms with Crippen molar-refractivity contribution >= 4 is 84.8 Å². The highest BCUT2D eigenvalue weighted by atomic mass is 16.2. The van der Waals surface area contributed by atoms with Crippen LogP contribution in [0.3, 0.4) is 0 Å². The summed E-state index contributed by atoms with van der Waals surface area (Å²) < 4.78 is 0. The number of aromatic amines is 3. The van der Waals surface area contributed by atoms with Crippen LogP contribution in [0.4, 0.5) is 17.1 Å². The SMILES string of the molecule is Cc1ccc2c(CC(=O)[C@@](N)(CCCCN)C(=O)Nc3ccc(C(c4ccc(NC(=O)[C@](N)(CCCCN)C(=O)Cc5c[nH]c6cc(C)ccc56)cc4)c4ccc(NC(=O)[C@](N)(CCCCN)C(=O)Cc5c[nH]c6cc(C)ccc56)cc4)cc3)c[nH]c2c1. The van der Waals surface area contributed by atoms with Crippen LogP contribution in [0.1, 0.15) is 114 Å². The van der Waals surface area contributed by atoms with E-state index in [1.165, 1.54) is 0 Å². The summed E-state index contributed by atoms with van der Waals surface area (Å²) >= 11 is 0. The van der Waals surface area contributed by atoms with E-state index in [4.69, 9.17) is 34.4 Å². The highest BCUT2D eigenvalue weighted by Gasteiger charge is 2.44. The molecule has 0 saturated carbocycles. The summed E-state index contributed by atoms with van der Waals surface area (Å²) in [5.41, 5.74) is 44.2. The maximum atomic E-state index is 14.4. The molecule has 0 saturated heterocycles. The number of unbranched alkanes of at least 4 members (excludes halogenated alkanes) is 3. The van der Waals surface area contributed by atoms with Crippen LogP contribution in [0.15, 0.2) is 146 Å². The van der Waals surface area contributed by atoms with Gasteiger partial charge in [-0.1, -0.05) is 72.8 Å². The number of amides is 3. The number of nitrogens with two attached hydrogens (primary N) is 6. The molecule has 3 atom stereocenters. The number of ketones is 3. The molecule has 88 heavy (non-hydrogen) atoms. The number of aryl methyl sites for hydroxylation is 3. The fourth-order valence-electron chi connectivity index (χ4n) is 11.7. The van der Waals surface area contributed by atoms with Gasteiger partial charge in [-0.3, -0.25) is 28.8 Å². The van der Waals surface area contributed by atoms with Crippen molar-refractivity contribution in [1.29, 1.82) is 0 Å². The highest BCUT2D eigenvalue weighted by Crippen LogP contribution is 2.36. The van der Waals surface area contributed by atoms with Crippen LogP contribution >= 0.6 is 0 Å². The van der Waals surface area contributed by atoms with Gasteiger partial charge in [-0.15, -0.1) is 0 Å². The first-order valence-corrected chi connectivity index (χ1v) is 30.3. The number of hydrogen-bond acceptors (Lipinski definition) is 12. The maximum absolute atomic E-state index is 14.4. The number of anilines is 3. The molecule has 18 nitrogen and oxygen atoms in total. The van der Waals surface area contributed by atoms with Crippen LogP contribution in [0.2, 0.25) is 0 Å². The Labute approximate surface area is 512 Å². The van der Waals surface area contributed by atoms with E-state index >= 15 is 0 Å². The Balaban J connectivity index is 0.987. The first-order valence-electron chi connectivity index (χ1n) is 30.3. The van der Waals surface area contributed by atoms with Crippen LogP contribution in [-0.4, -0.2) is 86.3 Å². The van der Waals surface area contributed by atoms with Gasteiger partial charge in [0.1, 0.15) is 0 Å².